The molecule has 4 rings (SSSR count). The zero-order valence-corrected chi connectivity index (χ0v) is 29.1. The lowest BCUT2D eigenvalue weighted by molar-refractivity contribution is -0.00534. The Morgan fingerprint density at radius 1 is 0.848 bits per heavy atom. The topological polar surface area (TPSA) is 101 Å². The molecule has 0 spiro atoms. The molecule has 2 unspecified atom stereocenters. The van der Waals surface area contributed by atoms with Crippen LogP contribution in [0, 0.1) is 17.3 Å². The van der Waals surface area contributed by atoms with Crippen molar-refractivity contribution in [3.63, 3.8) is 0 Å². The second kappa shape index (κ2) is 15.0. The predicted octanol–water partition coefficient (Wildman–Crippen LogP) is 6.28. The highest BCUT2D eigenvalue weighted by Gasteiger charge is 2.49. The minimum Gasteiger partial charge on any atom is -0.395 e. The number of hydrogen-bond donors (Lipinski definition) is 3. The number of aryl methyl sites for hydroxylation is 1. The summed E-state index contributed by atoms with van der Waals surface area (Å²) in [7, 11) is 0. The summed E-state index contributed by atoms with van der Waals surface area (Å²) in [4.78, 5) is 31.4. The summed E-state index contributed by atoms with van der Waals surface area (Å²) >= 11 is 0. The van der Waals surface area contributed by atoms with Gasteiger partial charge in [-0.3, -0.25) is 9.59 Å². The molecule has 0 aromatic heterocycles. The molecule has 2 saturated carbocycles. The lowest BCUT2D eigenvalue weighted by Gasteiger charge is -2.51. The Bertz CT molecular complexity index is 1330. The molecular formula is C39H58N2O5. The molecular weight excluding hydrogens is 576 g/mol. The van der Waals surface area contributed by atoms with E-state index in [1.165, 1.54) is 25.7 Å². The smallest absolute Gasteiger partial charge is 0.254 e. The molecule has 2 aliphatic rings. The van der Waals surface area contributed by atoms with Crippen molar-refractivity contribution in [2.24, 2.45) is 17.3 Å². The van der Waals surface area contributed by atoms with Crippen molar-refractivity contribution in [1.82, 2.24) is 9.80 Å². The Morgan fingerprint density at radius 2 is 1.41 bits per heavy atom. The number of amides is 2. The molecule has 0 saturated heterocycles. The molecule has 4 atom stereocenters. The molecule has 254 valence electrons. The second-order valence-corrected chi connectivity index (χ2v) is 15.6. The highest BCUT2D eigenvalue weighted by atomic mass is 16.3. The number of rotatable bonds is 13. The summed E-state index contributed by atoms with van der Waals surface area (Å²) in [6.07, 6.45) is 7.81. The van der Waals surface area contributed by atoms with Gasteiger partial charge in [0.2, 0.25) is 0 Å². The lowest BCUT2D eigenvalue weighted by atomic mass is 9.61. The average Bonchev–Trinajstić information content (AvgIpc) is 3.41. The molecule has 0 radical (unpaired) electrons. The van der Waals surface area contributed by atoms with E-state index < -0.39 is 17.2 Å². The third-order valence-corrected chi connectivity index (χ3v) is 11.2. The molecule has 2 fully saturated rings. The molecule has 2 aromatic carbocycles. The minimum absolute atomic E-state index is 0.0948. The SMILES string of the molecule is CC(C)(C)N(CCO)C(=O)c1ccccc1CCC(O)Cc1ccccc1C(=O)N(CCO)C(C)(C)C1CC[C@@H]2CCC[C@]2(C)C1. The van der Waals surface area contributed by atoms with Crippen LogP contribution < -0.4 is 0 Å². The van der Waals surface area contributed by atoms with Crippen molar-refractivity contribution in [3.05, 3.63) is 70.8 Å². The number of carbonyl (C=O) groups excluding carboxylic acids is 2. The van der Waals surface area contributed by atoms with Gasteiger partial charge in [-0.25, -0.2) is 0 Å². The van der Waals surface area contributed by atoms with Gasteiger partial charge in [0.05, 0.1) is 19.3 Å². The summed E-state index contributed by atoms with van der Waals surface area (Å²) in [5.74, 6) is 0.911. The number of benzene rings is 2. The Labute approximate surface area is 277 Å². The first kappa shape index (κ1) is 36.1. The monoisotopic (exact) mass is 634 g/mol. The predicted molar refractivity (Wildman–Crippen MR) is 184 cm³/mol. The van der Waals surface area contributed by atoms with Gasteiger partial charge in [0.15, 0.2) is 0 Å². The first-order chi connectivity index (χ1) is 21.7. The summed E-state index contributed by atoms with van der Waals surface area (Å²) in [6.45, 7) is 12.9. The molecule has 0 aliphatic heterocycles. The van der Waals surface area contributed by atoms with Crippen molar-refractivity contribution >= 4 is 11.8 Å². The van der Waals surface area contributed by atoms with E-state index in [2.05, 4.69) is 20.8 Å². The number of hydrogen-bond acceptors (Lipinski definition) is 5. The van der Waals surface area contributed by atoms with E-state index in [4.69, 9.17) is 0 Å². The maximum atomic E-state index is 14.3. The van der Waals surface area contributed by atoms with Crippen LogP contribution in [0.4, 0.5) is 0 Å². The van der Waals surface area contributed by atoms with E-state index in [0.29, 0.717) is 41.7 Å². The molecule has 7 heteroatoms. The van der Waals surface area contributed by atoms with Crippen molar-refractivity contribution in [2.75, 3.05) is 26.3 Å². The number of aliphatic hydroxyl groups is 3. The fourth-order valence-corrected chi connectivity index (χ4v) is 8.37. The third-order valence-electron chi connectivity index (χ3n) is 11.2. The summed E-state index contributed by atoms with van der Waals surface area (Å²) < 4.78 is 0. The van der Waals surface area contributed by atoms with E-state index in [1.807, 2.05) is 74.2 Å². The second-order valence-electron chi connectivity index (χ2n) is 15.6. The van der Waals surface area contributed by atoms with Crippen molar-refractivity contribution in [3.8, 4) is 0 Å². The van der Waals surface area contributed by atoms with E-state index in [9.17, 15) is 24.9 Å². The van der Waals surface area contributed by atoms with Gasteiger partial charge in [0, 0.05) is 35.3 Å². The minimum atomic E-state index is -0.717. The number of carbonyl (C=O) groups is 2. The molecule has 2 aromatic rings. The quantitative estimate of drug-likeness (QED) is 0.241. The fourth-order valence-electron chi connectivity index (χ4n) is 8.37. The highest BCUT2D eigenvalue weighted by Crippen LogP contribution is 2.56. The lowest BCUT2D eigenvalue weighted by Crippen LogP contribution is -2.55. The molecule has 0 bridgehead atoms. The Kier molecular flexibility index (Phi) is 11.8. The Morgan fingerprint density at radius 3 is 2.04 bits per heavy atom. The molecule has 2 aliphatic carbocycles. The molecule has 2 amide bonds. The largest absolute Gasteiger partial charge is 0.395 e. The Balaban J connectivity index is 1.49. The van der Waals surface area contributed by atoms with Gasteiger partial charge in [-0.15, -0.1) is 0 Å². The summed E-state index contributed by atoms with van der Waals surface area (Å²) in [5, 5.41) is 30.9. The Hall–Kier alpha value is -2.74. The van der Waals surface area contributed by atoms with E-state index in [1.54, 1.807) is 4.90 Å². The number of nitrogens with zero attached hydrogens (tertiary/aromatic N) is 2. The zero-order valence-electron chi connectivity index (χ0n) is 29.1. The molecule has 7 nitrogen and oxygen atoms in total. The van der Waals surface area contributed by atoms with Gasteiger partial charge in [0.25, 0.3) is 11.8 Å². The number of fused-ring (bicyclic) bond motifs is 1. The normalized spacial score (nSPS) is 22.3. The van der Waals surface area contributed by atoms with Crippen LogP contribution in [0.2, 0.25) is 0 Å². The van der Waals surface area contributed by atoms with Gasteiger partial charge in [-0.1, -0.05) is 49.7 Å². The van der Waals surface area contributed by atoms with Gasteiger partial charge in [-0.05, 0) is 126 Å². The van der Waals surface area contributed by atoms with Crippen LogP contribution in [0.5, 0.6) is 0 Å². The first-order valence-corrected chi connectivity index (χ1v) is 17.4. The van der Waals surface area contributed by atoms with Gasteiger partial charge < -0.3 is 25.1 Å². The van der Waals surface area contributed by atoms with Crippen LogP contribution in [0.3, 0.4) is 0 Å². The van der Waals surface area contributed by atoms with Gasteiger partial charge >= 0.3 is 0 Å². The molecule has 0 heterocycles. The van der Waals surface area contributed by atoms with Gasteiger partial charge in [-0.2, -0.15) is 0 Å². The van der Waals surface area contributed by atoms with Crippen LogP contribution in [0.1, 0.15) is 118 Å². The molecule has 3 N–H and O–H groups in total. The van der Waals surface area contributed by atoms with E-state index in [0.717, 1.165) is 29.9 Å². The third kappa shape index (κ3) is 8.03. The van der Waals surface area contributed by atoms with Crippen LogP contribution in [-0.2, 0) is 12.8 Å². The van der Waals surface area contributed by atoms with E-state index >= 15 is 0 Å². The maximum absolute atomic E-state index is 14.3. The zero-order chi connectivity index (χ0) is 33.7. The number of aliphatic hydroxyl groups excluding tert-OH is 3. The van der Waals surface area contributed by atoms with Crippen molar-refractivity contribution in [1.29, 1.82) is 0 Å². The maximum Gasteiger partial charge on any atom is 0.254 e. The highest BCUT2D eigenvalue weighted by molar-refractivity contribution is 5.97. The van der Waals surface area contributed by atoms with Crippen LogP contribution in [-0.4, -0.2) is 80.4 Å². The summed E-state index contributed by atoms with van der Waals surface area (Å²) in [6, 6.07) is 15.0. The van der Waals surface area contributed by atoms with Crippen molar-refractivity contribution < 1.29 is 24.9 Å². The van der Waals surface area contributed by atoms with Gasteiger partial charge in [0.1, 0.15) is 0 Å². The first-order valence-electron chi connectivity index (χ1n) is 17.4. The standard InChI is InChI=1S/C39H58N2O5/c1-37(2,3)40(22-24-42)35(45)33-15-9-7-12-28(33)17-20-32(44)26-29-13-8-10-16-34(29)36(46)41(23-25-43)38(4,5)31-19-18-30-14-11-21-39(30,6)27-31/h7-10,12-13,15-16,30-32,42-44H,11,14,17-27H2,1-6H3/t30-,31?,32?,39+/m0/s1. The fraction of sp³-hybridized carbons (Fsp3) is 0.641. The van der Waals surface area contributed by atoms with Crippen LogP contribution in [0.15, 0.2) is 48.5 Å². The van der Waals surface area contributed by atoms with E-state index in [-0.39, 0.29) is 38.1 Å². The average molecular weight is 635 g/mol. The van der Waals surface area contributed by atoms with Crippen molar-refractivity contribution in [2.45, 2.75) is 117 Å². The van der Waals surface area contributed by atoms with Crippen LogP contribution >= 0.6 is 0 Å². The summed E-state index contributed by atoms with van der Waals surface area (Å²) in [5.41, 5.74) is 2.26. The molecule has 46 heavy (non-hydrogen) atoms. The number of β-amino-alcohol motifs (C(OH)–C–C–N with tert-alkyl or cyclic N) is 2. The van der Waals surface area contributed by atoms with Crippen LogP contribution in [0.25, 0.3) is 0 Å².